The van der Waals surface area contributed by atoms with E-state index in [0.29, 0.717) is 29.1 Å². The molecule has 2 aliphatic rings. The molecule has 1 amide bonds. The summed E-state index contributed by atoms with van der Waals surface area (Å²) >= 11 is 12.1. The van der Waals surface area contributed by atoms with Gasteiger partial charge >= 0.3 is 0 Å². The van der Waals surface area contributed by atoms with Crippen LogP contribution >= 0.6 is 48.0 Å². The zero-order valence-corrected chi connectivity index (χ0v) is 20.4. The first-order valence-electron chi connectivity index (χ1n) is 10.0. The first kappa shape index (κ1) is 25.9. The van der Waals surface area contributed by atoms with Crippen LogP contribution in [0.15, 0.2) is 24.5 Å². The highest BCUT2D eigenvalue weighted by Crippen LogP contribution is 2.37. The molecule has 2 atom stereocenters. The van der Waals surface area contributed by atoms with Gasteiger partial charge < -0.3 is 15.5 Å². The molecule has 2 heterocycles. The maximum Gasteiger partial charge on any atom is 0.231 e. The molecular weight excluding hydrogens is 480 g/mol. The number of carbonyl (C=O) groups is 1. The number of nitrogens with zero attached hydrogens (tertiary/aromatic N) is 4. The molecule has 2 N–H and O–H groups in total. The standard InChI is InChI=1S/C21H25Cl2N5O.2ClH/c1-13-2-5-18-19(13)20(26-12-25-18)27-6-8-28(9-7-27)21(29)15(11-24)14-3-4-16(22)17(23)10-14;;/h3-4,10,12-13,15H,2,5-9,11,24H2,1H3;2*1H/t13-,15?;;/m1../s1. The maximum atomic E-state index is 13.1. The molecule has 1 unspecified atom stereocenters. The number of hydrogen-bond acceptors (Lipinski definition) is 5. The molecule has 0 spiro atoms. The van der Waals surface area contributed by atoms with Gasteiger partial charge in [0.1, 0.15) is 12.1 Å². The number of carbonyl (C=O) groups excluding carboxylic acids is 1. The number of aryl methyl sites for hydroxylation is 1. The Balaban J connectivity index is 0.00000171. The molecule has 6 nitrogen and oxygen atoms in total. The lowest BCUT2D eigenvalue weighted by atomic mass is 9.97. The van der Waals surface area contributed by atoms with Crippen LogP contribution in [-0.2, 0) is 11.2 Å². The maximum absolute atomic E-state index is 13.1. The van der Waals surface area contributed by atoms with Crippen molar-refractivity contribution in [2.75, 3.05) is 37.6 Å². The van der Waals surface area contributed by atoms with Gasteiger partial charge in [-0.25, -0.2) is 9.97 Å². The Hall–Kier alpha value is -1.31. The Morgan fingerprint density at radius 2 is 1.87 bits per heavy atom. The summed E-state index contributed by atoms with van der Waals surface area (Å²) in [7, 11) is 0. The summed E-state index contributed by atoms with van der Waals surface area (Å²) in [6.45, 7) is 5.25. The molecule has 1 aliphatic carbocycles. The van der Waals surface area contributed by atoms with Crippen LogP contribution in [0, 0.1) is 0 Å². The van der Waals surface area contributed by atoms with Crippen LogP contribution in [-0.4, -0.2) is 53.5 Å². The number of halogens is 4. The van der Waals surface area contributed by atoms with Gasteiger partial charge in [-0.2, -0.15) is 0 Å². The second kappa shape index (κ2) is 11.0. The van der Waals surface area contributed by atoms with Gasteiger partial charge in [0.2, 0.25) is 5.91 Å². The molecule has 4 rings (SSSR count). The highest BCUT2D eigenvalue weighted by atomic mass is 35.5. The summed E-state index contributed by atoms with van der Waals surface area (Å²) < 4.78 is 0. The van der Waals surface area contributed by atoms with Crippen molar-refractivity contribution in [1.29, 1.82) is 0 Å². The number of piperazine rings is 1. The van der Waals surface area contributed by atoms with Crippen molar-refractivity contribution in [2.24, 2.45) is 5.73 Å². The molecule has 31 heavy (non-hydrogen) atoms. The van der Waals surface area contributed by atoms with Gasteiger partial charge in [0.05, 0.1) is 16.0 Å². The number of benzene rings is 1. The molecule has 0 saturated carbocycles. The molecule has 2 aromatic rings. The Morgan fingerprint density at radius 3 is 2.52 bits per heavy atom. The molecule has 170 valence electrons. The average Bonchev–Trinajstić information content (AvgIpc) is 3.12. The highest BCUT2D eigenvalue weighted by molar-refractivity contribution is 6.42. The van der Waals surface area contributed by atoms with Crippen molar-refractivity contribution in [3.63, 3.8) is 0 Å². The Labute approximate surface area is 205 Å². The second-order valence-corrected chi connectivity index (χ2v) is 8.59. The van der Waals surface area contributed by atoms with Crippen molar-refractivity contribution in [3.05, 3.63) is 51.4 Å². The third-order valence-electron chi connectivity index (χ3n) is 6.02. The first-order chi connectivity index (χ1) is 14.0. The SMILES string of the molecule is C[C@@H]1CCc2ncnc(N3CCN(C(=O)C(CN)c4ccc(Cl)c(Cl)c4)CC3)c21.Cl.Cl. The molecule has 10 heteroatoms. The number of amides is 1. The molecule has 1 aromatic heterocycles. The molecule has 1 saturated heterocycles. The van der Waals surface area contributed by atoms with Gasteiger partial charge in [-0.1, -0.05) is 36.2 Å². The summed E-state index contributed by atoms with van der Waals surface area (Å²) in [5.41, 5.74) is 9.20. The fourth-order valence-corrected chi connectivity index (χ4v) is 4.65. The minimum Gasteiger partial charge on any atom is -0.353 e. The van der Waals surface area contributed by atoms with E-state index in [-0.39, 0.29) is 37.3 Å². The lowest BCUT2D eigenvalue weighted by molar-refractivity contribution is -0.132. The monoisotopic (exact) mass is 505 g/mol. The van der Waals surface area contributed by atoms with Crippen molar-refractivity contribution >= 4 is 59.7 Å². The highest BCUT2D eigenvalue weighted by Gasteiger charge is 2.31. The summed E-state index contributed by atoms with van der Waals surface area (Å²) in [6, 6.07) is 5.27. The zero-order valence-electron chi connectivity index (χ0n) is 17.3. The number of aromatic nitrogens is 2. The minimum atomic E-state index is -0.417. The number of hydrogen-bond donors (Lipinski definition) is 1. The molecule has 0 bridgehead atoms. The van der Waals surface area contributed by atoms with Crippen LogP contribution in [0.5, 0.6) is 0 Å². The van der Waals surface area contributed by atoms with Gasteiger partial charge in [0.25, 0.3) is 0 Å². The van der Waals surface area contributed by atoms with Gasteiger partial charge in [-0.15, -0.1) is 24.8 Å². The molecular formula is C21H27Cl4N5O. The number of anilines is 1. The second-order valence-electron chi connectivity index (χ2n) is 7.77. The van der Waals surface area contributed by atoms with Crippen LogP contribution in [0.1, 0.15) is 42.0 Å². The average molecular weight is 507 g/mol. The number of nitrogens with two attached hydrogens (primary N) is 1. The molecule has 1 aromatic carbocycles. The Kier molecular flexibility index (Phi) is 9.22. The quantitative estimate of drug-likeness (QED) is 0.676. The van der Waals surface area contributed by atoms with Crippen molar-refractivity contribution < 1.29 is 4.79 Å². The van der Waals surface area contributed by atoms with Gasteiger partial charge in [-0.05, 0) is 36.5 Å². The predicted octanol–water partition coefficient (Wildman–Crippen LogP) is 4.07. The topological polar surface area (TPSA) is 75.4 Å². The molecule has 1 fully saturated rings. The van der Waals surface area contributed by atoms with Crippen molar-refractivity contribution in [3.8, 4) is 0 Å². The van der Waals surface area contributed by atoms with E-state index in [0.717, 1.165) is 37.3 Å². The first-order valence-corrected chi connectivity index (χ1v) is 10.8. The smallest absolute Gasteiger partial charge is 0.231 e. The van der Waals surface area contributed by atoms with E-state index >= 15 is 0 Å². The fourth-order valence-electron chi connectivity index (χ4n) is 4.34. The van der Waals surface area contributed by atoms with E-state index in [1.807, 2.05) is 11.0 Å². The van der Waals surface area contributed by atoms with E-state index in [9.17, 15) is 4.79 Å². The lowest BCUT2D eigenvalue weighted by Crippen LogP contribution is -2.51. The van der Waals surface area contributed by atoms with Crippen LogP contribution in [0.3, 0.4) is 0 Å². The van der Waals surface area contributed by atoms with Crippen LogP contribution < -0.4 is 10.6 Å². The third-order valence-corrected chi connectivity index (χ3v) is 6.76. The van der Waals surface area contributed by atoms with E-state index in [2.05, 4.69) is 21.8 Å². The summed E-state index contributed by atoms with van der Waals surface area (Å²) in [6.07, 6.45) is 3.81. The van der Waals surface area contributed by atoms with Gasteiger partial charge in [0, 0.05) is 44.0 Å². The fraction of sp³-hybridized carbons (Fsp3) is 0.476. The summed E-state index contributed by atoms with van der Waals surface area (Å²) in [5.74, 6) is 1.13. The minimum absolute atomic E-state index is 0. The van der Waals surface area contributed by atoms with Crippen LogP contribution in [0.4, 0.5) is 5.82 Å². The lowest BCUT2D eigenvalue weighted by Gasteiger charge is -2.37. The number of rotatable bonds is 4. The van der Waals surface area contributed by atoms with E-state index in [4.69, 9.17) is 28.9 Å². The Morgan fingerprint density at radius 1 is 1.16 bits per heavy atom. The summed E-state index contributed by atoms with van der Waals surface area (Å²) in [5, 5.41) is 0.908. The molecule has 0 radical (unpaired) electrons. The third kappa shape index (κ3) is 5.20. The van der Waals surface area contributed by atoms with Gasteiger partial charge in [0.15, 0.2) is 0 Å². The molecule has 1 aliphatic heterocycles. The zero-order chi connectivity index (χ0) is 20.5. The van der Waals surface area contributed by atoms with Crippen molar-refractivity contribution in [1.82, 2.24) is 14.9 Å². The summed E-state index contributed by atoms with van der Waals surface area (Å²) in [4.78, 5) is 26.3. The normalized spacial score (nSPS) is 18.6. The van der Waals surface area contributed by atoms with Crippen LogP contribution in [0.2, 0.25) is 10.0 Å². The van der Waals surface area contributed by atoms with Gasteiger partial charge in [-0.3, -0.25) is 4.79 Å². The number of fused-ring (bicyclic) bond motifs is 1. The predicted molar refractivity (Wildman–Crippen MR) is 130 cm³/mol. The Bertz CT molecular complexity index is 921. The largest absolute Gasteiger partial charge is 0.353 e. The van der Waals surface area contributed by atoms with E-state index in [1.54, 1.807) is 18.5 Å². The van der Waals surface area contributed by atoms with Crippen molar-refractivity contribution in [2.45, 2.75) is 31.6 Å². The van der Waals surface area contributed by atoms with E-state index in [1.165, 1.54) is 11.3 Å². The van der Waals surface area contributed by atoms with Crippen LogP contribution in [0.25, 0.3) is 0 Å². The van der Waals surface area contributed by atoms with E-state index < -0.39 is 5.92 Å².